The first-order valence-corrected chi connectivity index (χ1v) is 22.9. The molecule has 19 nitrogen and oxygen atoms in total. The van der Waals surface area contributed by atoms with E-state index < -0.39 is 47.7 Å². The van der Waals surface area contributed by atoms with Gasteiger partial charge in [-0.05, 0) is 84.7 Å². The normalized spacial score (nSPS) is 22.1. The highest BCUT2D eigenvalue weighted by Gasteiger charge is 2.59. The second-order valence-electron chi connectivity index (χ2n) is 17.6. The molecule has 4 aliphatic heterocycles. The number of likely N-dealkylation sites (tertiary alicyclic amines) is 1. The summed E-state index contributed by atoms with van der Waals surface area (Å²) in [5, 5.41) is 22.4. The van der Waals surface area contributed by atoms with Crippen molar-refractivity contribution in [1.82, 2.24) is 30.7 Å². The number of amides is 9. The van der Waals surface area contributed by atoms with E-state index in [0.29, 0.717) is 59.8 Å². The summed E-state index contributed by atoms with van der Waals surface area (Å²) in [5.41, 5.74) is 3.65. The van der Waals surface area contributed by atoms with Gasteiger partial charge in [-0.3, -0.25) is 19.2 Å². The van der Waals surface area contributed by atoms with E-state index in [4.69, 9.17) is 14.6 Å². The highest BCUT2D eigenvalue weighted by molar-refractivity contribution is 6.07. The Labute approximate surface area is 412 Å². The number of aryl methyl sites for hydroxylation is 2. The Morgan fingerprint density at radius 3 is 1.59 bits per heavy atom. The van der Waals surface area contributed by atoms with Crippen molar-refractivity contribution in [2.45, 2.75) is 76.4 Å². The van der Waals surface area contributed by atoms with Crippen LogP contribution >= 0.6 is 0 Å². The maximum atomic E-state index is 13.4. The number of nitrogens with one attached hydrogen (secondary N) is 5. The molecular weight excluding hydrogens is 913 g/mol. The van der Waals surface area contributed by atoms with E-state index in [1.54, 1.807) is 41.3 Å². The molecule has 4 fully saturated rings. The van der Waals surface area contributed by atoms with Crippen LogP contribution in [-0.4, -0.2) is 121 Å². The number of hydrogen-bond donors (Lipinski definition) is 6. The lowest BCUT2D eigenvalue weighted by Gasteiger charge is -2.22. The van der Waals surface area contributed by atoms with E-state index in [0.717, 1.165) is 34.9 Å². The Bertz CT molecular complexity index is 2660. The number of fused-ring (bicyclic) bond motifs is 4. The summed E-state index contributed by atoms with van der Waals surface area (Å²) < 4.78 is 10.9. The minimum atomic E-state index is -1.46. The molecule has 9 amide bonds. The summed E-state index contributed by atoms with van der Waals surface area (Å²) in [6.45, 7) is 2.43. The molecule has 71 heavy (non-hydrogen) atoms. The quantitative estimate of drug-likeness (QED) is 0.115. The number of carbonyl (C=O) groups excluding carboxylic acids is 7. The van der Waals surface area contributed by atoms with E-state index in [2.05, 4.69) is 69.0 Å². The third-order valence-electron chi connectivity index (χ3n) is 13.4. The molecule has 19 heteroatoms. The topological polar surface area (TPSA) is 245 Å². The lowest BCUT2D eigenvalue weighted by Crippen LogP contribution is -2.44. The first-order chi connectivity index (χ1) is 33.2. The number of carboxylic acids is 1. The van der Waals surface area contributed by atoms with Gasteiger partial charge < -0.3 is 46.1 Å². The lowest BCUT2D eigenvalue weighted by atomic mass is 9.94. The molecule has 0 aromatic heterocycles. The highest BCUT2D eigenvalue weighted by Crippen LogP contribution is 2.47. The van der Waals surface area contributed by atoms with Crippen LogP contribution in [0, 0.1) is 0 Å². The minimum Gasteiger partial charge on any atom is -0.480 e. The maximum Gasteiger partial charge on any atom is 0.418 e. The van der Waals surface area contributed by atoms with Crippen LogP contribution in [0.15, 0.2) is 97.1 Å². The fourth-order valence-electron chi connectivity index (χ4n) is 9.87. The highest BCUT2D eigenvalue weighted by atomic mass is 16.6. The fourth-order valence-corrected chi connectivity index (χ4v) is 9.87. The van der Waals surface area contributed by atoms with Crippen molar-refractivity contribution < 1.29 is 52.9 Å². The Morgan fingerprint density at radius 2 is 1.14 bits per heavy atom. The molecule has 4 atom stereocenters. The third kappa shape index (κ3) is 10.8. The van der Waals surface area contributed by atoms with Crippen molar-refractivity contribution in [3.8, 4) is 0 Å². The van der Waals surface area contributed by atoms with Crippen LogP contribution in [0.1, 0.15) is 85.8 Å². The maximum absolute atomic E-state index is 13.4. The van der Waals surface area contributed by atoms with E-state index in [1.165, 1.54) is 38.2 Å². The first kappa shape index (κ1) is 52.6. The summed E-state index contributed by atoms with van der Waals surface area (Å²) in [5.74, 6) is -1.71. The van der Waals surface area contributed by atoms with Gasteiger partial charge in [0.2, 0.25) is 17.1 Å². The number of carbonyl (C=O) groups is 8. The molecule has 6 N–H and O–H groups in total. The van der Waals surface area contributed by atoms with Gasteiger partial charge in [-0.15, -0.1) is 0 Å². The zero-order chi connectivity index (χ0) is 48.9. The molecule has 4 saturated heterocycles. The van der Waals surface area contributed by atoms with Crippen LogP contribution in [-0.2, 0) is 52.7 Å². The molecule has 10 rings (SSSR count). The Balaban J connectivity index is 0.000000193. The summed E-state index contributed by atoms with van der Waals surface area (Å²) >= 11 is 0. The molecule has 376 valence electrons. The molecule has 2 aliphatic carbocycles. The number of anilines is 2. The summed E-state index contributed by atoms with van der Waals surface area (Å²) in [7, 11) is 3.01. The van der Waals surface area contributed by atoms with E-state index in [-0.39, 0.29) is 51.7 Å². The number of hydrogen-bond acceptors (Lipinski definition) is 11. The second-order valence-corrected chi connectivity index (χ2v) is 17.6. The Kier molecular flexibility index (Phi) is 16.5. The summed E-state index contributed by atoms with van der Waals surface area (Å²) in [6, 6.07) is 30.1. The summed E-state index contributed by atoms with van der Waals surface area (Å²) in [6.07, 6.45) is 1.93. The fraction of sp³-hybridized carbons (Fsp3) is 0.385. The van der Waals surface area contributed by atoms with E-state index in [9.17, 15) is 38.4 Å². The number of nitrogens with zero attached hydrogens (tertiary/aromatic N) is 3. The molecule has 2 unspecified atom stereocenters. The van der Waals surface area contributed by atoms with Gasteiger partial charge in [0.05, 0.1) is 0 Å². The van der Waals surface area contributed by atoms with E-state index in [1.807, 2.05) is 18.2 Å². The molecule has 4 aromatic carbocycles. The molecule has 6 aliphatic rings. The average Bonchev–Trinajstić information content (AvgIpc) is 4.24. The van der Waals surface area contributed by atoms with Crippen molar-refractivity contribution >= 4 is 59.3 Å². The van der Waals surface area contributed by atoms with Crippen LogP contribution in [0.2, 0.25) is 0 Å². The number of benzene rings is 4. The van der Waals surface area contributed by atoms with Crippen LogP contribution < -0.4 is 26.6 Å². The van der Waals surface area contributed by atoms with Crippen molar-refractivity contribution in [2.75, 3.05) is 64.0 Å². The third-order valence-corrected chi connectivity index (χ3v) is 13.4. The van der Waals surface area contributed by atoms with Crippen molar-refractivity contribution in [3.05, 3.63) is 130 Å². The van der Waals surface area contributed by atoms with Gasteiger partial charge in [0.1, 0.15) is 13.1 Å². The molecule has 0 radical (unpaired) electrons. The van der Waals surface area contributed by atoms with Crippen molar-refractivity contribution in [3.63, 3.8) is 0 Å². The average molecular weight is 975 g/mol. The smallest absolute Gasteiger partial charge is 0.418 e. The van der Waals surface area contributed by atoms with Crippen LogP contribution in [0.4, 0.5) is 30.6 Å². The van der Waals surface area contributed by atoms with Crippen molar-refractivity contribution in [1.29, 1.82) is 0 Å². The number of urea groups is 2. The largest absolute Gasteiger partial charge is 0.480 e. The number of aliphatic carboxylic acids is 1. The van der Waals surface area contributed by atoms with Gasteiger partial charge in [-0.1, -0.05) is 87.6 Å². The predicted octanol–water partition coefficient (Wildman–Crippen LogP) is 6.25. The predicted molar refractivity (Wildman–Crippen MR) is 264 cm³/mol. The van der Waals surface area contributed by atoms with Gasteiger partial charge >= 0.3 is 30.2 Å². The SMILES string of the molecule is C.C.CNC(=O)Nc1ccc2c(c1)CC[C@@]21OC(=O)N(CC(=O)N2CCC(c3ccccc3)C2)C1=O.CNC(=O)Nc1ccc2c(c1)CC[C@@]21OC(=O)N(CC(=O)O)C1=O.c1ccc(C2CCNC2)cc1. The Morgan fingerprint density at radius 1 is 0.662 bits per heavy atom. The molecule has 4 heterocycles. The number of carboxylic acid groups (broad SMARTS) is 1. The van der Waals surface area contributed by atoms with Gasteiger partial charge in [0.25, 0.3) is 11.8 Å². The monoisotopic (exact) mass is 974 g/mol. The van der Waals surface area contributed by atoms with Crippen LogP contribution in [0.25, 0.3) is 0 Å². The van der Waals surface area contributed by atoms with Gasteiger partial charge in [-0.2, -0.15) is 0 Å². The van der Waals surface area contributed by atoms with Crippen LogP contribution in [0.3, 0.4) is 0 Å². The van der Waals surface area contributed by atoms with Gasteiger partial charge in [0, 0.05) is 75.0 Å². The van der Waals surface area contributed by atoms with E-state index >= 15 is 0 Å². The standard InChI is InChI=1S/C25H26N4O5.C15H15N3O6.C10H13N.2CH4/c1-26-23(32)27-19-7-8-20-17(13-19)9-11-25(20)22(31)29(24(33)34-25)15-21(30)28-12-10-18(14-28)16-5-3-2-4-6-16;1-16-13(22)17-9-2-3-10-8(6-9)4-5-15(10)12(21)18(7-11(19)20)14(23)24-15;1-2-4-9(5-3-1)10-6-7-11-8-10;;/h2-8,13,18H,9-12,14-15H2,1H3,(H2,26,27,32);2-3,6H,4-5,7H2,1H3,(H,19,20)(H2,16,17,22);1-5,10-11H,6-8H2;2*1H4/t18?,25-;15-;;;/m11.../s1. The minimum absolute atomic E-state index is 0. The van der Waals surface area contributed by atoms with Gasteiger partial charge in [-0.25, -0.2) is 29.0 Å². The van der Waals surface area contributed by atoms with Crippen molar-refractivity contribution in [2.24, 2.45) is 0 Å². The molecule has 2 spiro atoms. The lowest BCUT2D eigenvalue weighted by molar-refractivity contribution is -0.144. The number of rotatable bonds is 8. The molecule has 4 aromatic rings. The zero-order valence-corrected chi connectivity index (χ0v) is 38.2. The molecular formula is C52H62N8O11. The first-order valence-electron chi connectivity index (χ1n) is 22.9. The molecule has 0 saturated carbocycles. The molecule has 0 bridgehead atoms. The Hall–Kier alpha value is -7.80. The number of ether oxygens (including phenoxy) is 2. The second kappa shape index (κ2) is 22.3. The number of imide groups is 2. The van der Waals surface area contributed by atoms with Gasteiger partial charge in [0.15, 0.2) is 0 Å². The van der Waals surface area contributed by atoms with Crippen LogP contribution in [0.5, 0.6) is 0 Å². The zero-order valence-electron chi connectivity index (χ0n) is 38.2. The summed E-state index contributed by atoms with van der Waals surface area (Å²) in [4.78, 5) is 101.